The fourth-order valence-electron chi connectivity index (χ4n) is 2.65. The van der Waals surface area contributed by atoms with Gasteiger partial charge in [0.15, 0.2) is 11.4 Å². The lowest BCUT2D eigenvalue weighted by molar-refractivity contribution is -0.437. The van der Waals surface area contributed by atoms with Gasteiger partial charge in [-0.3, -0.25) is 5.32 Å². The summed E-state index contributed by atoms with van der Waals surface area (Å²) in [5.41, 5.74) is 7.08. The maximum atomic E-state index is 12.2. The van der Waals surface area contributed by atoms with Crippen LogP contribution >= 0.6 is 11.3 Å². The minimum absolute atomic E-state index is 0.274. The number of fused-ring (bicyclic) bond motifs is 1. The number of aryl methyl sites for hydroxylation is 1. The van der Waals surface area contributed by atoms with E-state index in [1.54, 1.807) is 16.8 Å². The van der Waals surface area contributed by atoms with Gasteiger partial charge in [-0.2, -0.15) is 18.2 Å². The van der Waals surface area contributed by atoms with E-state index in [0.717, 1.165) is 39.8 Å². The van der Waals surface area contributed by atoms with Crippen LogP contribution in [0.15, 0.2) is 58.3 Å². The summed E-state index contributed by atoms with van der Waals surface area (Å²) < 4.78 is 31.5. The summed E-state index contributed by atoms with van der Waals surface area (Å²) in [6, 6.07) is 13.1. The molecule has 3 aromatic rings. The lowest BCUT2D eigenvalue weighted by Gasteiger charge is -2.08. The molecule has 0 saturated heterocycles. The number of carbonyl (C=O) groups excluding carboxylic acids is 2. The van der Waals surface area contributed by atoms with Crippen molar-refractivity contribution in [2.45, 2.75) is 13.1 Å². The third kappa shape index (κ3) is 6.12. The van der Waals surface area contributed by atoms with Gasteiger partial charge >= 0.3 is 12.2 Å². The number of aliphatic carboxylic acids is 1. The van der Waals surface area contributed by atoms with Gasteiger partial charge in [0.05, 0.1) is 5.51 Å². The number of nitrogens with zero attached hydrogens (tertiary/aromatic N) is 2. The van der Waals surface area contributed by atoms with Crippen LogP contribution in [0.1, 0.15) is 11.3 Å². The van der Waals surface area contributed by atoms with E-state index in [-0.39, 0.29) is 6.03 Å². The zero-order valence-corrected chi connectivity index (χ0v) is 17.3. The molecule has 0 aliphatic carbocycles. The van der Waals surface area contributed by atoms with Gasteiger partial charge in [-0.1, -0.05) is 12.1 Å². The number of carbonyl (C=O) groups is 2. The average Bonchev–Trinajstić information content (AvgIpc) is 3.37. The number of nitrogens with two attached hydrogens (primary N) is 1. The number of thiazole rings is 1. The Kier molecular flexibility index (Phi) is 6.85. The SMILES string of the molecule is Cc1cccc(NC(=O)Nc2ccc3c(c2)[NH2+]C(c2cscn2)=N3)c1.O=C([O-])C(F)(F)F. The second-order valence-electron chi connectivity index (χ2n) is 6.52. The minimum Gasteiger partial charge on any atom is -0.542 e. The Morgan fingerprint density at radius 3 is 2.38 bits per heavy atom. The number of rotatable bonds is 3. The summed E-state index contributed by atoms with van der Waals surface area (Å²) in [5.74, 6) is -2.16. The highest BCUT2D eigenvalue weighted by Crippen LogP contribution is 2.28. The topological polar surface area (TPSA) is 123 Å². The highest BCUT2D eigenvalue weighted by Gasteiger charge is 2.28. The molecule has 1 aliphatic rings. The Labute approximate surface area is 183 Å². The van der Waals surface area contributed by atoms with E-state index < -0.39 is 12.1 Å². The number of amides is 2. The number of halogens is 3. The van der Waals surface area contributed by atoms with E-state index in [2.05, 4.69) is 20.6 Å². The van der Waals surface area contributed by atoms with E-state index in [4.69, 9.17) is 9.90 Å². The number of carboxylic acids is 1. The van der Waals surface area contributed by atoms with Gasteiger partial charge in [0.25, 0.3) is 5.84 Å². The average molecular weight is 463 g/mol. The van der Waals surface area contributed by atoms with Gasteiger partial charge in [0, 0.05) is 22.8 Å². The van der Waals surface area contributed by atoms with Gasteiger partial charge < -0.3 is 20.5 Å². The van der Waals surface area contributed by atoms with Gasteiger partial charge in [-0.15, -0.1) is 11.3 Å². The molecule has 0 atom stereocenters. The second-order valence-corrected chi connectivity index (χ2v) is 7.24. The summed E-state index contributed by atoms with van der Waals surface area (Å²) in [6.45, 7) is 1.99. The number of quaternary nitrogens is 1. The molecule has 0 bridgehead atoms. The predicted molar refractivity (Wildman–Crippen MR) is 111 cm³/mol. The molecule has 1 aromatic heterocycles. The molecular formula is C20H16F3N5O3S. The molecule has 166 valence electrons. The third-order valence-corrected chi connectivity index (χ3v) is 4.61. The number of anilines is 2. The number of nitrogens with one attached hydrogen (secondary N) is 2. The molecule has 2 amide bonds. The Hall–Kier alpha value is -3.77. The fourth-order valence-corrected chi connectivity index (χ4v) is 3.19. The van der Waals surface area contributed by atoms with Crippen molar-refractivity contribution in [3.05, 3.63) is 64.6 Å². The maximum absolute atomic E-state index is 12.2. The van der Waals surface area contributed by atoms with Crippen molar-refractivity contribution >= 4 is 51.9 Å². The first-order chi connectivity index (χ1) is 15.1. The number of hydrogen-bond acceptors (Lipinski definition) is 6. The predicted octanol–water partition coefficient (Wildman–Crippen LogP) is 2.68. The van der Waals surface area contributed by atoms with Gasteiger partial charge in [-0.25, -0.2) is 9.78 Å². The lowest BCUT2D eigenvalue weighted by atomic mass is 10.2. The largest absolute Gasteiger partial charge is 0.542 e. The summed E-state index contributed by atoms with van der Waals surface area (Å²) in [4.78, 5) is 29.8. The standard InChI is InChI=1S/C18H15N5OS.C2HF3O2/c1-11-3-2-4-12(7-11)20-18(24)21-13-5-6-14-15(8-13)23-17(22-14)16-9-25-10-19-16;3-2(4,5)1(6)7/h2-10H,1H3,(H,22,23)(H2,20,21,24);(H,6,7). The zero-order valence-electron chi connectivity index (χ0n) is 16.4. The van der Waals surface area contributed by atoms with Crippen molar-refractivity contribution in [3.8, 4) is 0 Å². The van der Waals surface area contributed by atoms with Crippen LogP contribution in [0.3, 0.4) is 0 Å². The molecule has 32 heavy (non-hydrogen) atoms. The first-order valence-electron chi connectivity index (χ1n) is 9.01. The molecule has 2 aromatic carbocycles. The van der Waals surface area contributed by atoms with Gasteiger partial charge in [0.2, 0.25) is 0 Å². The Bertz CT molecular complexity index is 1160. The van der Waals surface area contributed by atoms with E-state index in [9.17, 15) is 18.0 Å². The Morgan fingerprint density at radius 2 is 1.78 bits per heavy atom. The molecule has 0 radical (unpaired) electrons. The van der Waals surface area contributed by atoms with Crippen molar-refractivity contribution in [3.63, 3.8) is 0 Å². The molecule has 0 unspecified atom stereocenters. The van der Waals surface area contributed by atoms with Crippen molar-refractivity contribution < 1.29 is 33.2 Å². The Morgan fingerprint density at radius 1 is 1.09 bits per heavy atom. The van der Waals surface area contributed by atoms with Crippen LogP contribution in [0.2, 0.25) is 0 Å². The smallest absolute Gasteiger partial charge is 0.430 e. The molecule has 0 spiro atoms. The number of alkyl halides is 3. The number of carboxylic acid groups (broad SMARTS) is 1. The second kappa shape index (κ2) is 9.58. The van der Waals surface area contributed by atoms with Crippen LogP contribution in [-0.4, -0.2) is 29.0 Å². The highest BCUT2D eigenvalue weighted by molar-refractivity contribution is 7.07. The van der Waals surface area contributed by atoms with Crippen LogP contribution in [0.25, 0.3) is 0 Å². The van der Waals surface area contributed by atoms with E-state index >= 15 is 0 Å². The molecule has 0 fully saturated rings. The number of amidine groups is 1. The summed E-state index contributed by atoms with van der Waals surface area (Å²) in [7, 11) is 0. The number of aliphatic imine (C=N–C) groups is 1. The van der Waals surface area contributed by atoms with E-state index in [1.165, 1.54) is 0 Å². The molecule has 4 N–H and O–H groups in total. The first-order valence-corrected chi connectivity index (χ1v) is 9.95. The molecule has 4 rings (SSSR count). The number of urea groups is 1. The minimum atomic E-state index is -5.19. The molecule has 0 saturated carbocycles. The first kappa shape index (κ1) is 22.9. The number of hydrogen-bond donors (Lipinski definition) is 3. The third-order valence-electron chi connectivity index (χ3n) is 4.02. The van der Waals surface area contributed by atoms with Gasteiger partial charge in [0.1, 0.15) is 11.7 Å². The number of aromatic nitrogens is 1. The van der Waals surface area contributed by atoms with Crippen LogP contribution in [0.4, 0.5) is 40.7 Å². The zero-order chi connectivity index (χ0) is 23.3. The van der Waals surface area contributed by atoms with E-state index in [0.29, 0.717) is 0 Å². The highest BCUT2D eigenvalue weighted by atomic mass is 32.1. The van der Waals surface area contributed by atoms with E-state index in [1.807, 2.05) is 60.1 Å². The van der Waals surface area contributed by atoms with Crippen molar-refractivity contribution in [1.29, 1.82) is 0 Å². The van der Waals surface area contributed by atoms with Crippen LogP contribution in [0, 0.1) is 6.92 Å². The van der Waals surface area contributed by atoms with Crippen LogP contribution in [0.5, 0.6) is 0 Å². The summed E-state index contributed by atoms with van der Waals surface area (Å²) in [6.07, 6.45) is -5.19. The normalized spacial score (nSPS) is 12.2. The quantitative estimate of drug-likeness (QED) is 0.517. The fraction of sp³-hybridized carbons (Fsp3) is 0.100. The summed E-state index contributed by atoms with van der Waals surface area (Å²) >= 11 is 1.54. The van der Waals surface area contributed by atoms with Crippen molar-refractivity contribution in [1.82, 2.24) is 4.98 Å². The molecule has 2 heterocycles. The molecule has 8 nitrogen and oxygen atoms in total. The number of benzene rings is 2. The molecule has 12 heteroatoms. The van der Waals surface area contributed by atoms with Crippen LogP contribution in [-0.2, 0) is 4.79 Å². The molecule has 1 aliphatic heterocycles. The maximum Gasteiger partial charge on any atom is 0.430 e. The van der Waals surface area contributed by atoms with Gasteiger partial charge in [-0.05, 0) is 36.8 Å². The van der Waals surface area contributed by atoms with Crippen molar-refractivity contribution in [2.75, 3.05) is 10.6 Å². The lowest BCUT2D eigenvalue weighted by Crippen LogP contribution is -2.80. The Balaban J connectivity index is 0.000000360. The van der Waals surface area contributed by atoms with Crippen LogP contribution < -0.4 is 21.1 Å². The summed E-state index contributed by atoms with van der Waals surface area (Å²) in [5, 5.41) is 18.4. The van der Waals surface area contributed by atoms with Crippen molar-refractivity contribution in [2.24, 2.45) is 4.99 Å². The molecular weight excluding hydrogens is 447 g/mol. The monoisotopic (exact) mass is 463 g/mol.